The Morgan fingerprint density at radius 3 is 2.62 bits per heavy atom. The molecule has 2 fully saturated rings. The van der Waals surface area contributed by atoms with Crippen molar-refractivity contribution in [3.8, 4) is 0 Å². The lowest BCUT2D eigenvalue weighted by atomic mass is 9.84. The Morgan fingerprint density at radius 2 is 1.94 bits per heavy atom. The Hall–Kier alpha value is -0.650. The molecule has 1 heterocycles. The normalized spacial score (nSPS) is 31.8. The van der Waals surface area contributed by atoms with E-state index in [9.17, 15) is 4.79 Å². The molecule has 2 atom stereocenters. The second-order valence-electron chi connectivity index (χ2n) is 4.48. The van der Waals surface area contributed by atoms with Crippen molar-refractivity contribution in [3.05, 3.63) is 0 Å². The lowest BCUT2D eigenvalue weighted by molar-refractivity contribution is -0.123. The van der Waals surface area contributed by atoms with E-state index in [4.69, 9.17) is 15.2 Å². The number of primary amides is 1. The molecule has 1 amide bonds. The molecule has 1 saturated heterocycles. The van der Waals surface area contributed by atoms with E-state index in [-0.39, 0.29) is 24.2 Å². The SMILES string of the molecule is NC(=O)[C@@H]1CCCC[C@@H]1NCC1OCCO1. The number of rotatable bonds is 4. The number of ether oxygens (including phenoxy) is 2. The van der Waals surface area contributed by atoms with Gasteiger partial charge in [-0.2, -0.15) is 0 Å². The minimum atomic E-state index is -0.189. The van der Waals surface area contributed by atoms with Crippen molar-refractivity contribution in [2.45, 2.75) is 38.0 Å². The lowest BCUT2D eigenvalue weighted by Crippen LogP contribution is -2.47. The molecule has 1 aliphatic carbocycles. The van der Waals surface area contributed by atoms with Gasteiger partial charge in [0.05, 0.1) is 19.1 Å². The first-order valence-corrected chi connectivity index (χ1v) is 6.03. The maximum absolute atomic E-state index is 11.3. The highest BCUT2D eigenvalue weighted by molar-refractivity contribution is 5.77. The van der Waals surface area contributed by atoms with Gasteiger partial charge >= 0.3 is 0 Å². The minimum absolute atomic E-state index is 0.0323. The van der Waals surface area contributed by atoms with Gasteiger partial charge in [-0.15, -0.1) is 0 Å². The number of nitrogens with two attached hydrogens (primary N) is 1. The number of nitrogens with one attached hydrogen (secondary N) is 1. The summed E-state index contributed by atoms with van der Waals surface area (Å²) in [7, 11) is 0. The summed E-state index contributed by atoms with van der Waals surface area (Å²) in [5.41, 5.74) is 5.40. The maximum Gasteiger partial charge on any atom is 0.222 e. The van der Waals surface area contributed by atoms with Crippen LogP contribution in [0.1, 0.15) is 25.7 Å². The van der Waals surface area contributed by atoms with Crippen molar-refractivity contribution < 1.29 is 14.3 Å². The van der Waals surface area contributed by atoms with Crippen molar-refractivity contribution in [3.63, 3.8) is 0 Å². The summed E-state index contributed by atoms with van der Waals surface area (Å²) in [6.45, 7) is 1.97. The Labute approximate surface area is 95.7 Å². The molecular formula is C11H20N2O3. The number of hydrogen-bond donors (Lipinski definition) is 2. The quantitative estimate of drug-likeness (QED) is 0.710. The van der Waals surface area contributed by atoms with Gasteiger partial charge in [0.25, 0.3) is 0 Å². The van der Waals surface area contributed by atoms with Crippen LogP contribution in [-0.4, -0.2) is 38.0 Å². The highest BCUT2D eigenvalue weighted by Crippen LogP contribution is 2.24. The zero-order chi connectivity index (χ0) is 11.4. The summed E-state index contributed by atoms with van der Waals surface area (Å²) >= 11 is 0. The molecule has 3 N–H and O–H groups in total. The number of carbonyl (C=O) groups is 1. The van der Waals surface area contributed by atoms with Crippen LogP contribution in [0.15, 0.2) is 0 Å². The fourth-order valence-electron chi connectivity index (χ4n) is 2.49. The van der Waals surface area contributed by atoms with Gasteiger partial charge in [0.1, 0.15) is 0 Å². The van der Waals surface area contributed by atoms with Gasteiger partial charge in [0.15, 0.2) is 6.29 Å². The summed E-state index contributed by atoms with van der Waals surface area (Å²) < 4.78 is 10.7. The number of carbonyl (C=O) groups excluding carboxylic acids is 1. The Bertz CT molecular complexity index is 241. The second kappa shape index (κ2) is 5.61. The van der Waals surface area contributed by atoms with E-state index in [0.29, 0.717) is 19.8 Å². The predicted octanol–water partition coefficient (Wildman–Crippen LogP) is -0.00700. The van der Waals surface area contributed by atoms with Crippen molar-refractivity contribution >= 4 is 5.91 Å². The predicted molar refractivity (Wildman–Crippen MR) is 58.6 cm³/mol. The topological polar surface area (TPSA) is 73.6 Å². The average Bonchev–Trinajstić information content (AvgIpc) is 2.79. The van der Waals surface area contributed by atoms with E-state index in [1.54, 1.807) is 0 Å². The fraction of sp³-hybridized carbons (Fsp3) is 0.909. The summed E-state index contributed by atoms with van der Waals surface area (Å²) in [5, 5.41) is 3.34. The second-order valence-corrected chi connectivity index (χ2v) is 4.48. The third-order valence-electron chi connectivity index (χ3n) is 3.37. The van der Waals surface area contributed by atoms with Gasteiger partial charge in [-0.3, -0.25) is 4.79 Å². The molecule has 16 heavy (non-hydrogen) atoms. The van der Waals surface area contributed by atoms with Crippen LogP contribution in [0.3, 0.4) is 0 Å². The largest absolute Gasteiger partial charge is 0.369 e. The number of hydrogen-bond acceptors (Lipinski definition) is 4. The molecule has 5 heteroatoms. The molecule has 1 aliphatic heterocycles. The van der Waals surface area contributed by atoms with Crippen LogP contribution in [-0.2, 0) is 14.3 Å². The van der Waals surface area contributed by atoms with Crippen molar-refractivity contribution in [1.29, 1.82) is 0 Å². The van der Waals surface area contributed by atoms with Crippen molar-refractivity contribution in [1.82, 2.24) is 5.32 Å². The lowest BCUT2D eigenvalue weighted by Gasteiger charge is -2.30. The first kappa shape index (κ1) is 11.8. The smallest absolute Gasteiger partial charge is 0.222 e. The minimum Gasteiger partial charge on any atom is -0.369 e. The third kappa shape index (κ3) is 2.93. The van der Waals surface area contributed by atoms with Crippen LogP contribution >= 0.6 is 0 Å². The van der Waals surface area contributed by atoms with Gasteiger partial charge in [-0.25, -0.2) is 0 Å². The standard InChI is InChI=1S/C11H20N2O3/c12-11(14)8-3-1-2-4-9(8)13-7-10-15-5-6-16-10/h8-10,13H,1-7H2,(H2,12,14)/t8-,9+/m1/s1. The molecule has 0 unspecified atom stereocenters. The fourth-order valence-corrected chi connectivity index (χ4v) is 2.49. The molecular weight excluding hydrogens is 208 g/mol. The zero-order valence-electron chi connectivity index (χ0n) is 9.48. The molecule has 0 bridgehead atoms. The maximum atomic E-state index is 11.3. The first-order chi connectivity index (χ1) is 7.77. The van der Waals surface area contributed by atoms with E-state index < -0.39 is 0 Å². The van der Waals surface area contributed by atoms with Crippen molar-refractivity contribution in [2.24, 2.45) is 11.7 Å². The molecule has 2 aliphatic rings. The third-order valence-corrected chi connectivity index (χ3v) is 3.37. The molecule has 1 saturated carbocycles. The monoisotopic (exact) mass is 228 g/mol. The molecule has 92 valence electrons. The molecule has 0 aromatic rings. The molecule has 0 aromatic carbocycles. The Kier molecular flexibility index (Phi) is 4.15. The van der Waals surface area contributed by atoms with Crippen LogP contribution in [0.25, 0.3) is 0 Å². The molecule has 0 spiro atoms. The van der Waals surface area contributed by atoms with Crippen molar-refractivity contribution in [2.75, 3.05) is 19.8 Å². The molecule has 0 aromatic heterocycles. The van der Waals surface area contributed by atoms with Crippen LogP contribution in [0.2, 0.25) is 0 Å². The van der Waals surface area contributed by atoms with Gasteiger partial charge in [-0.05, 0) is 12.8 Å². The van der Waals surface area contributed by atoms with Gasteiger partial charge in [0, 0.05) is 12.6 Å². The average molecular weight is 228 g/mol. The Balaban J connectivity index is 1.78. The van der Waals surface area contributed by atoms with Crippen LogP contribution in [0.4, 0.5) is 0 Å². The molecule has 5 nitrogen and oxygen atoms in total. The summed E-state index contributed by atoms with van der Waals surface area (Å²) in [6, 6.07) is 0.194. The van der Waals surface area contributed by atoms with E-state index >= 15 is 0 Å². The van der Waals surface area contributed by atoms with Crippen LogP contribution in [0.5, 0.6) is 0 Å². The van der Waals surface area contributed by atoms with Gasteiger partial charge in [0.2, 0.25) is 5.91 Å². The first-order valence-electron chi connectivity index (χ1n) is 6.03. The molecule has 2 rings (SSSR count). The number of amides is 1. The summed E-state index contributed by atoms with van der Waals surface area (Å²) in [6.07, 6.45) is 4.02. The summed E-state index contributed by atoms with van der Waals surface area (Å²) in [5.74, 6) is -0.222. The van der Waals surface area contributed by atoms with Crippen LogP contribution < -0.4 is 11.1 Å². The highest BCUT2D eigenvalue weighted by Gasteiger charge is 2.30. The van der Waals surface area contributed by atoms with Gasteiger partial charge in [-0.1, -0.05) is 12.8 Å². The summed E-state index contributed by atoms with van der Waals surface area (Å²) in [4.78, 5) is 11.3. The Morgan fingerprint density at radius 1 is 1.25 bits per heavy atom. The van der Waals surface area contributed by atoms with E-state index in [1.807, 2.05) is 0 Å². The van der Waals surface area contributed by atoms with E-state index in [0.717, 1.165) is 25.7 Å². The van der Waals surface area contributed by atoms with Crippen LogP contribution in [0, 0.1) is 5.92 Å². The highest BCUT2D eigenvalue weighted by atomic mass is 16.7. The van der Waals surface area contributed by atoms with Gasteiger partial charge < -0.3 is 20.5 Å². The molecule has 0 radical (unpaired) electrons. The van der Waals surface area contributed by atoms with E-state index in [2.05, 4.69) is 5.32 Å². The van der Waals surface area contributed by atoms with E-state index in [1.165, 1.54) is 0 Å². The zero-order valence-corrected chi connectivity index (χ0v) is 9.48.